The Hall–Kier alpha value is -1.18. The van der Waals surface area contributed by atoms with Crippen LogP contribution in [-0.4, -0.2) is 13.7 Å². The summed E-state index contributed by atoms with van der Waals surface area (Å²) in [5.74, 6) is 0.974. The molecular weight excluding hydrogens is 270 g/mol. The van der Waals surface area contributed by atoms with E-state index in [1.807, 2.05) is 7.05 Å². The highest BCUT2D eigenvalue weighted by molar-refractivity contribution is 5.58. The molecule has 2 heteroatoms. The lowest BCUT2D eigenvalue weighted by molar-refractivity contribution is 0.305. The summed E-state index contributed by atoms with van der Waals surface area (Å²) in [5.41, 5.74) is 2.60. The molecule has 1 rings (SSSR count). The molecule has 0 fully saturated rings. The second-order valence-corrected chi connectivity index (χ2v) is 7.18. The molecule has 126 valence electrons. The molecule has 0 aliphatic carbocycles. The normalized spacial score (nSPS) is 11.5. The zero-order chi connectivity index (χ0) is 16.4. The molecule has 1 aromatic carbocycles. The van der Waals surface area contributed by atoms with Crippen LogP contribution in [0.3, 0.4) is 0 Å². The van der Waals surface area contributed by atoms with Gasteiger partial charge in [0.25, 0.3) is 0 Å². The lowest BCUT2D eigenvalue weighted by Gasteiger charge is -2.21. The highest BCUT2D eigenvalue weighted by Crippen LogP contribution is 2.31. The molecule has 0 saturated carbocycles. The van der Waals surface area contributed by atoms with E-state index in [9.17, 15) is 0 Å². The molecular formula is C20H35NO. The summed E-state index contributed by atoms with van der Waals surface area (Å²) in [7, 11) is 1.96. The van der Waals surface area contributed by atoms with Gasteiger partial charge in [-0.2, -0.15) is 0 Å². The summed E-state index contributed by atoms with van der Waals surface area (Å²) in [6.07, 6.45) is 9.22. The molecule has 0 aliphatic heterocycles. The van der Waals surface area contributed by atoms with Gasteiger partial charge in [0.05, 0.1) is 12.3 Å². The van der Waals surface area contributed by atoms with E-state index in [4.69, 9.17) is 4.74 Å². The zero-order valence-electron chi connectivity index (χ0n) is 15.3. The number of unbranched alkanes of at least 4 members (excludes halogenated alkanes) is 6. The predicted molar refractivity (Wildman–Crippen MR) is 98.2 cm³/mol. The van der Waals surface area contributed by atoms with Gasteiger partial charge in [-0.15, -0.1) is 0 Å². The maximum absolute atomic E-state index is 5.96. The van der Waals surface area contributed by atoms with E-state index >= 15 is 0 Å². The van der Waals surface area contributed by atoms with Crippen molar-refractivity contribution in [2.75, 3.05) is 19.0 Å². The van der Waals surface area contributed by atoms with Gasteiger partial charge in [-0.1, -0.05) is 72.3 Å². The highest BCUT2D eigenvalue weighted by Gasteiger charge is 2.15. The molecule has 0 spiro atoms. The first-order valence-electron chi connectivity index (χ1n) is 8.94. The summed E-state index contributed by atoms with van der Waals surface area (Å²) >= 11 is 0. The third-order valence-corrected chi connectivity index (χ3v) is 4.12. The van der Waals surface area contributed by atoms with Crippen LogP contribution in [0, 0.1) is 0 Å². The monoisotopic (exact) mass is 305 g/mol. The number of hydrogen-bond donors (Lipinski definition) is 1. The molecule has 22 heavy (non-hydrogen) atoms. The van der Waals surface area contributed by atoms with E-state index in [1.165, 1.54) is 44.1 Å². The van der Waals surface area contributed by atoms with Crippen molar-refractivity contribution in [3.63, 3.8) is 0 Å². The first-order valence-corrected chi connectivity index (χ1v) is 8.94. The van der Waals surface area contributed by atoms with E-state index in [2.05, 4.69) is 51.2 Å². The SMILES string of the molecule is CCCCCCCCCOc1ccc(C(C)(C)C)cc1NC. The Balaban J connectivity index is 2.36. The molecule has 0 atom stereocenters. The first kappa shape index (κ1) is 18.9. The zero-order valence-corrected chi connectivity index (χ0v) is 15.3. The number of rotatable bonds is 10. The van der Waals surface area contributed by atoms with Crippen LogP contribution in [0.1, 0.15) is 78.2 Å². The quantitative estimate of drug-likeness (QED) is 0.523. The van der Waals surface area contributed by atoms with E-state index in [0.29, 0.717) is 0 Å². The predicted octanol–water partition coefficient (Wildman–Crippen LogP) is 6.16. The summed E-state index contributed by atoms with van der Waals surface area (Å²) < 4.78 is 5.96. The molecule has 0 bridgehead atoms. The van der Waals surface area contributed by atoms with Gasteiger partial charge >= 0.3 is 0 Å². The average Bonchev–Trinajstić information content (AvgIpc) is 2.49. The molecule has 0 heterocycles. The number of anilines is 1. The minimum Gasteiger partial charge on any atom is -0.491 e. The Kier molecular flexibility index (Phi) is 8.37. The number of ether oxygens (including phenoxy) is 1. The highest BCUT2D eigenvalue weighted by atomic mass is 16.5. The fourth-order valence-electron chi connectivity index (χ4n) is 2.56. The topological polar surface area (TPSA) is 21.3 Å². The molecule has 0 aliphatic rings. The Morgan fingerprint density at radius 3 is 2.18 bits per heavy atom. The van der Waals surface area contributed by atoms with Gasteiger partial charge in [-0.25, -0.2) is 0 Å². The maximum Gasteiger partial charge on any atom is 0.142 e. The van der Waals surface area contributed by atoms with Crippen LogP contribution in [-0.2, 0) is 5.41 Å². The van der Waals surface area contributed by atoms with Crippen LogP contribution >= 0.6 is 0 Å². The van der Waals surface area contributed by atoms with Crippen molar-refractivity contribution in [2.24, 2.45) is 0 Å². The smallest absolute Gasteiger partial charge is 0.142 e. The summed E-state index contributed by atoms with van der Waals surface area (Å²) in [6, 6.07) is 6.49. The third-order valence-electron chi connectivity index (χ3n) is 4.12. The fourth-order valence-corrected chi connectivity index (χ4v) is 2.56. The fraction of sp³-hybridized carbons (Fsp3) is 0.700. The van der Waals surface area contributed by atoms with Gasteiger partial charge in [0.15, 0.2) is 0 Å². The van der Waals surface area contributed by atoms with Crippen molar-refractivity contribution in [3.05, 3.63) is 23.8 Å². The number of hydrogen-bond acceptors (Lipinski definition) is 2. The van der Waals surface area contributed by atoms with Crippen LogP contribution in [0.2, 0.25) is 0 Å². The third kappa shape index (κ3) is 6.72. The molecule has 0 radical (unpaired) electrons. The van der Waals surface area contributed by atoms with E-state index in [1.54, 1.807) is 0 Å². The van der Waals surface area contributed by atoms with Crippen molar-refractivity contribution in [2.45, 2.75) is 78.1 Å². The van der Waals surface area contributed by atoms with Crippen molar-refractivity contribution in [1.29, 1.82) is 0 Å². The van der Waals surface area contributed by atoms with Gasteiger partial charge in [-0.3, -0.25) is 0 Å². The molecule has 2 nitrogen and oxygen atoms in total. The molecule has 0 aromatic heterocycles. The van der Waals surface area contributed by atoms with Crippen molar-refractivity contribution >= 4 is 5.69 Å². The van der Waals surface area contributed by atoms with Crippen molar-refractivity contribution in [1.82, 2.24) is 0 Å². The maximum atomic E-state index is 5.96. The Morgan fingerprint density at radius 1 is 0.955 bits per heavy atom. The minimum atomic E-state index is 0.169. The largest absolute Gasteiger partial charge is 0.491 e. The van der Waals surface area contributed by atoms with E-state index in [0.717, 1.165) is 24.5 Å². The van der Waals surface area contributed by atoms with Crippen LogP contribution in [0.25, 0.3) is 0 Å². The van der Waals surface area contributed by atoms with Gasteiger partial charge in [0, 0.05) is 7.05 Å². The second-order valence-electron chi connectivity index (χ2n) is 7.18. The molecule has 0 saturated heterocycles. The molecule has 0 unspecified atom stereocenters. The standard InChI is InChI=1S/C20H35NO/c1-6-7-8-9-10-11-12-15-22-19-14-13-17(20(2,3)4)16-18(19)21-5/h13-14,16,21H,6-12,15H2,1-5H3. The summed E-state index contributed by atoms with van der Waals surface area (Å²) in [4.78, 5) is 0. The Bertz CT molecular complexity index is 420. The van der Waals surface area contributed by atoms with Gasteiger partial charge in [0.1, 0.15) is 5.75 Å². The van der Waals surface area contributed by atoms with Gasteiger partial charge in [-0.05, 0) is 29.5 Å². The molecule has 1 aromatic rings. The first-order chi connectivity index (χ1) is 10.5. The summed E-state index contributed by atoms with van der Waals surface area (Å²) in [5, 5.41) is 3.26. The lowest BCUT2D eigenvalue weighted by Crippen LogP contribution is -2.12. The molecule has 1 N–H and O–H groups in total. The van der Waals surface area contributed by atoms with E-state index < -0.39 is 0 Å². The lowest BCUT2D eigenvalue weighted by atomic mass is 9.87. The minimum absolute atomic E-state index is 0.169. The van der Waals surface area contributed by atoms with E-state index in [-0.39, 0.29) is 5.41 Å². The Labute approximate surface area is 137 Å². The van der Waals surface area contributed by atoms with Crippen LogP contribution in [0.5, 0.6) is 5.75 Å². The number of benzene rings is 1. The molecule has 0 amide bonds. The number of nitrogens with one attached hydrogen (secondary N) is 1. The summed E-state index contributed by atoms with van der Waals surface area (Å²) in [6.45, 7) is 9.79. The average molecular weight is 306 g/mol. The second kappa shape index (κ2) is 9.76. The van der Waals surface area contributed by atoms with Crippen molar-refractivity contribution < 1.29 is 4.74 Å². The van der Waals surface area contributed by atoms with Crippen molar-refractivity contribution in [3.8, 4) is 5.75 Å². The van der Waals surface area contributed by atoms with Gasteiger partial charge in [0.2, 0.25) is 0 Å². The van der Waals surface area contributed by atoms with Crippen LogP contribution in [0.4, 0.5) is 5.69 Å². The van der Waals surface area contributed by atoms with Crippen LogP contribution < -0.4 is 10.1 Å². The Morgan fingerprint density at radius 2 is 1.59 bits per heavy atom. The van der Waals surface area contributed by atoms with Gasteiger partial charge < -0.3 is 10.1 Å². The van der Waals surface area contributed by atoms with Crippen LogP contribution in [0.15, 0.2) is 18.2 Å².